The molecule has 3 N–H and O–H groups in total. The van der Waals surface area contributed by atoms with Crippen LogP contribution >= 0.6 is 0 Å². The third-order valence-corrected chi connectivity index (χ3v) is 5.68. The van der Waals surface area contributed by atoms with Crippen LogP contribution in [0.3, 0.4) is 0 Å². The number of carbonyl (C=O) groups excluding carboxylic acids is 3. The van der Waals surface area contributed by atoms with Gasteiger partial charge in [0.2, 0.25) is 0 Å². The number of ketones is 1. The van der Waals surface area contributed by atoms with E-state index < -0.39 is 23.6 Å². The van der Waals surface area contributed by atoms with E-state index in [9.17, 15) is 19.5 Å². The molecule has 0 aromatic heterocycles. The molecule has 0 aromatic carbocycles. The number of aliphatic hydroxyl groups is 1. The quantitative estimate of drug-likeness (QED) is 0.222. The monoisotopic (exact) mass is 442 g/mol. The highest BCUT2D eigenvalue weighted by Gasteiger charge is 2.31. The second-order valence-electron chi connectivity index (χ2n) is 8.87. The van der Waals surface area contributed by atoms with Crippen molar-refractivity contribution in [1.29, 1.82) is 0 Å². The van der Waals surface area contributed by atoms with Crippen LogP contribution in [0.15, 0.2) is 0 Å². The molecule has 0 heterocycles. The fraction of sp³-hybridized carbons (Fsp3) is 0.875. The Balaban J connectivity index is 4.77. The van der Waals surface area contributed by atoms with Gasteiger partial charge in [0.25, 0.3) is 0 Å². The zero-order chi connectivity index (χ0) is 23.7. The van der Waals surface area contributed by atoms with Crippen molar-refractivity contribution in [2.75, 3.05) is 13.2 Å². The standard InChI is InChI=1S/C24H46N2O5/c1-5-7-8-14-17-24(4,30)18-19-26(23(25)29)21(22(28)31-6-2)16-13-11-9-10-12-15-20(3)27/h21,30H,5-19H2,1-4H3,(H2,25,29). The number of primary amides is 1. The van der Waals surface area contributed by atoms with Gasteiger partial charge < -0.3 is 25.3 Å². The van der Waals surface area contributed by atoms with Crippen molar-refractivity contribution in [3.63, 3.8) is 0 Å². The molecule has 0 rings (SSSR count). The Labute approximate surface area is 189 Å². The van der Waals surface area contributed by atoms with Gasteiger partial charge in [-0.25, -0.2) is 9.59 Å². The highest BCUT2D eigenvalue weighted by Crippen LogP contribution is 2.21. The third kappa shape index (κ3) is 14.9. The van der Waals surface area contributed by atoms with E-state index >= 15 is 0 Å². The van der Waals surface area contributed by atoms with E-state index in [0.29, 0.717) is 25.7 Å². The van der Waals surface area contributed by atoms with Crippen LogP contribution in [-0.4, -0.2) is 52.6 Å². The molecule has 0 saturated heterocycles. The number of Topliss-reactive ketones (excluding diaryl/α,β-unsaturated/α-hetero) is 1. The summed E-state index contributed by atoms with van der Waals surface area (Å²) in [6, 6.07) is -1.40. The molecule has 2 amide bonds. The number of unbranched alkanes of at least 4 members (excludes halogenated alkanes) is 7. The normalized spacial score (nSPS) is 14.0. The molecule has 182 valence electrons. The van der Waals surface area contributed by atoms with Crippen LogP contribution < -0.4 is 5.73 Å². The van der Waals surface area contributed by atoms with Crippen LogP contribution in [0.4, 0.5) is 4.79 Å². The number of urea groups is 1. The van der Waals surface area contributed by atoms with Crippen molar-refractivity contribution in [2.45, 2.75) is 123 Å². The van der Waals surface area contributed by atoms with Gasteiger partial charge in [0.15, 0.2) is 0 Å². The van der Waals surface area contributed by atoms with E-state index in [1.165, 1.54) is 4.90 Å². The lowest BCUT2D eigenvalue weighted by atomic mass is 9.94. The summed E-state index contributed by atoms with van der Waals surface area (Å²) in [5, 5.41) is 10.7. The zero-order valence-electron chi connectivity index (χ0n) is 20.3. The minimum Gasteiger partial charge on any atom is -0.464 e. The van der Waals surface area contributed by atoms with Crippen molar-refractivity contribution in [1.82, 2.24) is 4.90 Å². The molecule has 7 nitrogen and oxygen atoms in total. The lowest BCUT2D eigenvalue weighted by molar-refractivity contribution is -0.149. The summed E-state index contributed by atoms with van der Waals surface area (Å²) in [7, 11) is 0. The van der Waals surface area contributed by atoms with E-state index in [-0.39, 0.29) is 18.9 Å². The number of nitrogens with zero attached hydrogens (tertiary/aromatic N) is 1. The predicted molar refractivity (Wildman–Crippen MR) is 124 cm³/mol. The first-order valence-corrected chi connectivity index (χ1v) is 12.1. The zero-order valence-corrected chi connectivity index (χ0v) is 20.3. The molecule has 0 aliphatic rings. The first-order valence-electron chi connectivity index (χ1n) is 12.1. The summed E-state index contributed by atoms with van der Waals surface area (Å²) in [5.74, 6) is -0.235. The number of ether oxygens (including phenoxy) is 1. The Morgan fingerprint density at radius 1 is 0.968 bits per heavy atom. The summed E-state index contributed by atoms with van der Waals surface area (Å²) >= 11 is 0. The van der Waals surface area contributed by atoms with E-state index in [2.05, 4.69) is 6.92 Å². The van der Waals surface area contributed by atoms with Gasteiger partial charge in [-0.1, -0.05) is 58.3 Å². The lowest BCUT2D eigenvalue weighted by Gasteiger charge is -2.32. The van der Waals surface area contributed by atoms with Crippen molar-refractivity contribution >= 4 is 17.8 Å². The molecule has 0 saturated carbocycles. The second kappa shape index (κ2) is 17.0. The lowest BCUT2D eigenvalue weighted by Crippen LogP contribution is -2.50. The van der Waals surface area contributed by atoms with Crippen molar-refractivity contribution in [3.8, 4) is 0 Å². The van der Waals surface area contributed by atoms with Gasteiger partial charge in [0.05, 0.1) is 12.2 Å². The van der Waals surface area contributed by atoms with Gasteiger partial charge in [-0.3, -0.25) is 0 Å². The topological polar surface area (TPSA) is 110 Å². The Hall–Kier alpha value is -1.63. The fourth-order valence-electron chi connectivity index (χ4n) is 3.72. The molecule has 0 radical (unpaired) electrons. The SMILES string of the molecule is CCCCCCC(C)(O)CCN(C(N)=O)C(CCCCCCCC(C)=O)C(=O)OCC. The van der Waals surface area contributed by atoms with E-state index in [1.807, 2.05) is 0 Å². The van der Waals surface area contributed by atoms with Gasteiger partial charge in [-0.2, -0.15) is 0 Å². The average Bonchev–Trinajstić information content (AvgIpc) is 2.68. The van der Waals surface area contributed by atoms with Gasteiger partial charge in [-0.15, -0.1) is 0 Å². The Bertz CT molecular complexity index is 522. The molecule has 2 unspecified atom stereocenters. The van der Waals surface area contributed by atoms with Crippen LogP contribution in [0.5, 0.6) is 0 Å². The van der Waals surface area contributed by atoms with Gasteiger partial charge in [0, 0.05) is 13.0 Å². The van der Waals surface area contributed by atoms with E-state index in [0.717, 1.165) is 57.8 Å². The molecule has 7 heteroatoms. The van der Waals surface area contributed by atoms with Crippen LogP contribution in [0.25, 0.3) is 0 Å². The molecule has 0 aliphatic carbocycles. The first kappa shape index (κ1) is 29.4. The summed E-state index contributed by atoms with van der Waals surface area (Å²) in [4.78, 5) is 37.0. The number of carbonyl (C=O) groups is 3. The maximum Gasteiger partial charge on any atom is 0.328 e. The highest BCUT2D eigenvalue weighted by atomic mass is 16.5. The van der Waals surface area contributed by atoms with E-state index in [4.69, 9.17) is 10.5 Å². The highest BCUT2D eigenvalue weighted by molar-refractivity contribution is 5.82. The first-order chi connectivity index (χ1) is 14.6. The van der Waals surface area contributed by atoms with Gasteiger partial charge >= 0.3 is 12.0 Å². The number of hydrogen-bond acceptors (Lipinski definition) is 5. The molecular formula is C24H46N2O5. The second-order valence-corrected chi connectivity index (χ2v) is 8.87. The van der Waals surface area contributed by atoms with Crippen LogP contribution in [-0.2, 0) is 14.3 Å². The summed E-state index contributed by atoms with van der Waals surface area (Å²) in [6.45, 7) is 7.72. The predicted octanol–water partition coefficient (Wildman–Crippen LogP) is 4.73. The largest absolute Gasteiger partial charge is 0.464 e. The number of esters is 1. The maximum absolute atomic E-state index is 12.5. The van der Waals surface area contributed by atoms with Crippen LogP contribution in [0, 0.1) is 0 Å². The van der Waals surface area contributed by atoms with Crippen molar-refractivity contribution in [3.05, 3.63) is 0 Å². The molecule has 0 fully saturated rings. The fourth-order valence-corrected chi connectivity index (χ4v) is 3.72. The minimum absolute atomic E-state index is 0.209. The summed E-state index contributed by atoms with van der Waals surface area (Å²) in [6.07, 6.45) is 10.9. The summed E-state index contributed by atoms with van der Waals surface area (Å²) in [5.41, 5.74) is 4.70. The van der Waals surface area contributed by atoms with E-state index in [1.54, 1.807) is 20.8 Å². The molecular weight excluding hydrogens is 396 g/mol. The van der Waals surface area contributed by atoms with Gasteiger partial charge in [0.1, 0.15) is 11.8 Å². The number of amides is 2. The van der Waals surface area contributed by atoms with Crippen LogP contribution in [0.1, 0.15) is 111 Å². The third-order valence-electron chi connectivity index (χ3n) is 5.68. The van der Waals surface area contributed by atoms with Crippen molar-refractivity contribution in [2.24, 2.45) is 5.73 Å². The van der Waals surface area contributed by atoms with Gasteiger partial charge in [-0.05, 0) is 46.5 Å². The molecule has 0 spiro atoms. The van der Waals surface area contributed by atoms with Crippen LogP contribution in [0.2, 0.25) is 0 Å². The molecule has 2 atom stereocenters. The molecule has 31 heavy (non-hydrogen) atoms. The molecule has 0 aliphatic heterocycles. The number of rotatable bonds is 19. The summed E-state index contributed by atoms with van der Waals surface area (Å²) < 4.78 is 5.19. The van der Waals surface area contributed by atoms with Crippen molar-refractivity contribution < 1.29 is 24.2 Å². The molecule has 0 aromatic rings. The molecule has 0 bridgehead atoms. The Morgan fingerprint density at radius 3 is 2.16 bits per heavy atom. The average molecular weight is 443 g/mol. The Morgan fingerprint density at radius 2 is 1.58 bits per heavy atom. The minimum atomic E-state index is -0.905. The Kier molecular flexibility index (Phi) is 16.1. The smallest absolute Gasteiger partial charge is 0.328 e. The number of hydrogen-bond donors (Lipinski definition) is 2. The maximum atomic E-state index is 12.5. The number of nitrogens with two attached hydrogens (primary N) is 1.